The van der Waals surface area contributed by atoms with Gasteiger partial charge in [0.2, 0.25) is 0 Å². The number of hydrogen-bond acceptors (Lipinski definition) is 5. The predicted molar refractivity (Wildman–Crippen MR) is 100 cm³/mol. The highest BCUT2D eigenvalue weighted by atomic mass is 16.5. The van der Waals surface area contributed by atoms with Crippen molar-refractivity contribution in [1.29, 1.82) is 0 Å². The lowest BCUT2D eigenvalue weighted by molar-refractivity contribution is -0.0964. The van der Waals surface area contributed by atoms with Crippen LogP contribution < -0.4 is 9.47 Å². The Bertz CT molecular complexity index is 672. The molecule has 140 valence electrons. The summed E-state index contributed by atoms with van der Waals surface area (Å²) in [6, 6.07) is 17.6. The molecule has 2 aromatic rings. The lowest BCUT2D eigenvalue weighted by Crippen LogP contribution is -2.56. The van der Waals surface area contributed by atoms with E-state index >= 15 is 0 Å². The first-order valence-electron chi connectivity index (χ1n) is 9.06. The number of likely N-dealkylation sites (tertiary alicyclic amines) is 1. The summed E-state index contributed by atoms with van der Waals surface area (Å²) in [5.41, 5.74) is 0.343. The second-order valence-corrected chi connectivity index (χ2v) is 6.98. The second kappa shape index (κ2) is 8.54. The van der Waals surface area contributed by atoms with E-state index in [4.69, 9.17) is 14.6 Å². The molecule has 1 aliphatic rings. The molecule has 2 N–H and O–H groups in total. The van der Waals surface area contributed by atoms with Crippen molar-refractivity contribution in [3.8, 4) is 11.5 Å². The van der Waals surface area contributed by atoms with E-state index in [1.54, 1.807) is 0 Å². The maximum Gasteiger partial charge on any atom is 0.140 e. The Morgan fingerprint density at radius 1 is 1.08 bits per heavy atom. The number of aliphatic hydroxyl groups is 2. The molecule has 0 amide bonds. The number of rotatable bonds is 7. The van der Waals surface area contributed by atoms with Gasteiger partial charge in [0.05, 0.1) is 6.61 Å². The van der Waals surface area contributed by atoms with Gasteiger partial charge in [0, 0.05) is 19.6 Å². The van der Waals surface area contributed by atoms with Crippen molar-refractivity contribution in [3.63, 3.8) is 0 Å². The van der Waals surface area contributed by atoms with Crippen LogP contribution in [0.4, 0.5) is 0 Å². The molecule has 0 bridgehead atoms. The van der Waals surface area contributed by atoms with Gasteiger partial charge in [-0.05, 0) is 43.2 Å². The minimum Gasteiger partial charge on any atom is -0.491 e. The van der Waals surface area contributed by atoms with Gasteiger partial charge in [0.15, 0.2) is 0 Å². The molecule has 0 radical (unpaired) electrons. The first-order chi connectivity index (χ1) is 12.6. The summed E-state index contributed by atoms with van der Waals surface area (Å²) in [6.45, 7) is 4.46. The van der Waals surface area contributed by atoms with Gasteiger partial charge >= 0.3 is 0 Å². The van der Waals surface area contributed by atoms with Gasteiger partial charge in [-0.2, -0.15) is 0 Å². The van der Waals surface area contributed by atoms with Crippen LogP contribution >= 0.6 is 0 Å². The van der Waals surface area contributed by atoms with Crippen LogP contribution in [0.5, 0.6) is 11.5 Å². The van der Waals surface area contributed by atoms with Crippen LogP contribution in [0, 0.1) is 0 Å². The first-order valence-corrected chi connectivity index (χ1v) is 9.06. The van der Waals surface area contributed by atoms with Gasteiger partial charge in [-0.15, -0.1) is 0 Å². The smallest absolute Gasteiger partial charge is 0.140 e. The normalized spacial score (nSPS) is 23.6. The van der Waals surface area contributed by atoms with E-state index in [1.165, 1.54) is 5.56 Å². The average Bonchev–Trinajstić information content (AvgIpc) is 2.65. The molecule has 0 spiro atoms. The number of ether oxygens (including phenoxy) is 2. The highest BCUT2D eigenvalue weighted by molar-refractivity contribution is 5.27. The molecule has 3 rings (SSSR count). The monoisotopic (exact) mass is 357 g/mol. The van der Waals surface area contributed by atoms with Crippen molar-refractivity contribution in [2.24, 2.45) is 0 Å². The highest BCUT2D eigenvalue weighted by Gasteiger charge is 2.39. The molecule has 0 saturated carbocycles. The Balaban J connectivity index is 1.60. The zero-order valence-corrected chi connectivity index (χ0v) is 15.2. The molecule has 5 heteroatoms. The van der Waals surface area contributed by atoms with Crippen molar-refractivity contribution in [2.45, 2.75) is 31.6 Å². The molecular formula is C21H27NO4. The molecule has 26 heavy (non-hydrogen) atoms. The number of hydrogen-bond donors (Lipinski definition) is 2. The van der Waals surface area contributed by atoms with Crippen LogP contribution in [-0.2, 0) is 6.54 Å². The van der Waals surface area contributed by atoms with Crippen LogP contribution in [-0.4, -0.2) is 53.1 Å². The number of para-hydroxylation sites is 1. The lowest BCUT2D eigenvalue weighted by atomic mass is 9.90. The van der Waals surface area contributed by atoms with Gasteiger partial charge in [-0.1, -0.05) is 30.3 Å². The zero-order valence-electron chi connectivity index (χ0n) is 15.2. The number of piperidine rings is 1. The van der Waals surface area contributed by atoms with E-state index in [0.717, 1.165) is 24.6 Å². The van der Waals surface area contributed by atoms with Gasteiger partial charge in [0.25, 0.3) is 0 Å². The van der Waals surface area contributed by atoms with Gasteiger partial charge in [-0.3, -0.25) is 4.90 Å². The molecular weight excluding hydrogens is 330 g/mol. The largest absolute Gasteiger partial charge is 0.491 e. The molecule has 2 atom stereocenters. The molecule has 2 aromatic carbocycles. The maximum atomic E-state index is 10.7. The zero-order chi connectivity index (χ0) is 18.4. The summed E-state index contributed by atoms with van der Waals surface area (Å²) in [4.78, 5) is 2.30. The average molecular weight is 357 g/mol. The molecule has 0 aliphatic carbocycles. The number of nitrogens with zero attached hydrogens (tertiary/aromatic N) is 1. The summed E-state index contributed by atoms with van der Waals surface area (Å²) in [6.07, 6.45) is 0.396. The molecule has 1 saturated heterocycles. The lowest BCUT2D eigenvalue weighted by Gasteiger charge is -2.42. The van der Waals surface area contributed by atoms with Crippen LogP contribution in [0.15, 0.2) is 54.6 Å². The van der Waals surface area contributed by atoms with E-state index in [-0.39, 0.29) is 12.7 Å². The molecule has 1 heterocycles. The van der Waals surface area contributed by atoms with E-state index in [2.05, 4.69) is 4.90 Å². The van der Waals surface area contributed by atoms with Crippen LogP contribution in [0.25, 0.3) is 0 Å². The van der Waals surface area contributed by atoms with Crippen LogP contribution in [0.3, 0.4) is 0 Å². The third-order valence-corrected chi connectivity index (χ3v) is 4.76. The van der Waals surface area contributed by atoms with Gasteiger partial charge in [-0.25, -0.2) is 0 Å². The number of aliphatic hydroxyl groups excluding tert-OH is 1. The molecule has 5 nitrogen and oxygen atoms in total. The fourth-order valence-corrected chi connectivity index (χ4v) is 3.15. The summed E-state index contributed by atoms with van der Waals surface area (Å²) in [5.74, 6) is 1.54. The quantitative estimate of drug-likeness (QED) is 0.797. The van der Waals surface area contributed by atoms with Crippen molar-refractivity contribution in [1.82, 2.24) is 4.90 Å². The summed E-state index contributed by atoms with van der Waals surface area (Å²) < 4.78 is 11.5. The van der Waals surface area contributed by atoms with E-state index in [9.17, 15) is 5.11 Å². The second-order valence-electron chi connectivity index (χ2n) is 6.98. The summed E-state index contributed by atoms with van der Waals surface area (Å²) in [7, 11) is 0. The van der Waals surface area contributed by atoms with Gasteiger partial charge in [0.1, 0.15) is 29.8 Å². The Kier molecular flexibility index (Phi) is 6.14. The third-order valence-electron chi connectivity index (χ3n) is 4.76. The van der Waals surface area contributed by atoms with Crippen molar-refractivity contribution >= 4 is 0 Å². The SMILES string of the molecule is C[C@]1(O)CCN(Cc2ccc(OCCO)cc2)C[C@@H]1Oc1ccccc1. The van der Waals surface area contributed by atoms with E-state index < -0.39 is 5.60 Å². The van der Waals surface area contributed by atoms with Crippen LogP contribution in [0.1, 0.15) is 18.9 Å². The number of benzene rings is 2. The van der Waals surface area contributed by atoms with Gasteiger partial charge < -0.3 is 19.7 Å². The molecule has 1 aliphatic heterocycles. The first kappa shape index (κ1) is 18.7. The third kappa shape index (κ3) is 4.97. The van der Waals surface area contributed by atoms with Crippen molar-refractivity contribution < 1.29 is 19.7 Å². The Morgan fingerprint density at radius 3 is 2.50 bits per heavy atom. The van der Waals surface area contributed by atoms with E-state index in [1.807, 2.05) is 61.5 Å². The van der Waals surface area contributed by atoms with E-state index in [0.29, 0.717) is 19.6 Å². The minimum absolute atomic E-state index is 0.0122. The summed E-state index contributed by atoms with van der Waals surface area (Å²) >= 11 is 0. The predicted octanol–water partition coefficient (Wildman–Crippen LogP) is 2.46. The molecule has 0 unspecified atom stereocenters. The highest BCUT2D eigenvalue weighted by Crippen LogP contribution is 2.27. The summed E-state index contributed by atoms with van der Waals surface area (Å²) in [5, 5.41) is 19.5. The Hall–Kier alpha value is -2.08. The Labute approximate surface area is 154 Å². The minimum atomic E-state index is -0.839. The Morgan fingerprint density at radius 2 is 1.81 bits per heavy atom. The topological polar surface area (TPSA) is 62.2 Å². The van der Waals surface area contributed by atoms with Crippen molar-refractivity contribution in [2.75, 3.05) is 26.3 Å². The fourth-order valence-electron chi connectivity index (χ4n) is 3.15. The van der Waals surface area contributed by atoms with Crippen LogP contribution in [0.2, 0.25) is 0 Å². The van der Waals surface area contributed by atoms with Crippen molar-refractivity contribution in [3.05, 3.63) is 60.2 Å². The standard InChI is InChI=1S/C21H27NO4/c1-21(24)11-12-22(16-20(21)26-19-5-3-2-4-6-19)15-17-7-9-18(10-8-17)25-14-13-23/h2-10,20,23-24H,11-16H2,1H3/t20-,21-/m0/s1. The molecule has 1 fully saturated rings. The maximum absolute atomic E-state index is 10.7. The molecule has 0 aromatic heterocycles. The fraction of sp³-hybridized carbons (Fsp3) is 0.429.